The lowest BCUT2D eigenvalue weighted by Gasteiger charge is -2.07. The molecule has 0 amide bonds. The summed E-state index contributed by atoms with van der Waals surface area (Å²) in [6.07, 6.45) is 4.61. The van der Waals surface area contributed by atoms with Crippen LogP contribution in [-0.4, -0.2) is 12.2 Å². The molecule has 0 bridgehead atoms. The first-order valence-electron chi connectivity index (χ1n) is 7.88. The SMILES string of the molecule is [2H]NC1CC1c1ccc(-c2cccc(CCCP)c2)cc1. The molecule has 2 heteroatoms. The molecule has 0 aromatic heterocycles. The molecule has 0 spiro atoms. The van der Waals surface area contributed by atoms with Gasteiger partial charge in [-0.15, -0.1) is 9.24 Å². The lowest BCUT2D eigenvalue weighted by Crippen LogP contribution is -2.00. The Balaban J connectivity index is 1.74. The van der Waals surface area contributed by atoms with Crippen LogP contribution < -0.4 is 5.73 Å². The van der Waals surface area contributed by atoms with E-state index < -0.39 is 0 Å². The Morgan fingerprint density at radius 2 is 2.00 bits per heavy atom. The van der Waals surface area contributed by atoms with E-state index in [1.807, 2.05) is 0 Å². The van der Waals surface area contributed by atoms with E-state index in [-0.39, 0.29) is 0 Å². The van der Waals surface area contributed by atoms with Gasteiger partial charge in [0, 0.05) is 12.0 Å². The van der Waals surface area contributed by atoms with Crippen molar-refractivity contribution < 1.29 is 1.41 Å². The molecule has 3 unspecified atom stereocenters. The van der Waals surface area contributed by atoms with Crippen molar-refractivity contribution in [1.29, 1.82) is 0 Å². The van der Waals surface area contributed by atoms with Gasteiger partial charge in [-0.2, -0.15) is 0 Å². The Bertz CT molecular complexity index is 596. The van der Waals surface area contributed by atoms with E-state index in [1.54, 1.807) is 0 Å². The van der Waals surface area contributed by atoms with Crippen molar-refractivity contribution >= 4 is 9.24 Å². The molecule has 1 nitrogen and oxygen atoms in total. The van der Waals surface area contributed by atoms with Crippen LogP contribution in [0.5, 0.6) is 0 Å². The number of rotatable bonds is 6. The van der Waals surface area contributed by atoms with Gasteiger partial charge < -0.3 is 5.73 Å². The smallest absolute Gasteiger partial charge is 0.119 e. The molecular weight excluding hydrogens is 261 g/mol. The fraction of sp³-hybridized carbons (Fsp3) is 0.333. The zero-order valence-electron chi connectivity index (χ0n) is 12.7. The predicted molar refractivity (Wildman–Crippen MR) is 90.1 cm³/mol. The molecule has 1 aliphatic carbocycles. The maximum Gasteiger partial charge on any atom is 0.119 e. The van der Waals surface area contributed by atoms with Crippen LogP contribution in [0.15, 0.2) is 48.5 Å². The third kappa shape index (κ3) is 3.11. The highest BCUT2D eigenvalue weighted by Crippen LogP contribution is 2.39. The molecule has 2 aromatic carbocycles. The molecule has 3 atom stereocenters. The van der Waals surface area contributed by atoms with Crippen molar-refractivity contribution in [3.05, 3.63) is 59.7 Å². The van der Waals surface area contributed by atoms with E-state index in [4.69, 9.17) is 1.41 Å². The number of aryl methyl sites for hydroxylation is 1. The van der Waals surface area contributed by atoms with Crippen LogP contribution in [0, 0.1) is 0 Å². The fourth-order valence-corrected chi connectivity index (χ4v) is 2.90. The maximum atomic E-state index is 7.20. The van der Waals surface area contributed by atoms with Crippen LogP contribution in [0.4, 0.5) is 0 Å². The average molecular weight is 284 g/mol. The molecule has 2 aromatic rings. The van der Waals surface area contributed by atoms with Gasteiger partial charge in [0.1, 0.15) is 1.41 Å². The molecule has 0 radical (unpaired) electrons. The summed E-state index contributed by atoms with van der Waals surface area (Å²) in [7, 11) is 2.79. The summed E-state index contributed by atoms with van der Waals surface area (Å²) in [5.41, 5.74) is 7.96. The standard InChI is InChI=1S/C18H22NP/c19-18-12-17(18)15-8-6-14(7-9-15)16-5-1-3-13(11-16)4-2-10-20/h1,3,5-9,11,17-18H,2,4,10,12,19-20H2/i/hD. The summed E-state index contributed by atoms with van der Waals surface area (Å²) >= 11 is 0. The second kappa shape index (κ2) is 6.08. The molecule has 0 aliphatic heterocycles. The van der Waals surface area contributed by atoms with E-state index in [9.17, 15) is 0 Å². The van der Waals surface area contributed by atoms with Gasteiger partial charge >= 0.3 is 0 Å². The number of hydrogen-bond donors (Lipinski definition) is 1. The van der Waals surface area contributed by atoms with Gasteiger partial charge in [-0.25, -0.2) is 0 Å². The van der Waals surface area contributed by atoms with Crippen molar-refractivity contribution in [2.75, 3.05) is 6.16 Å². The maximum absolute atomic E-state index is 7.20. The lowest BCUT2D eigenvalue weighted by atomic mass is 9.99. The van der Waals surface area contributed by atoms with Crippen LogP contribution in [-0.2, 0) is 6.42 Å². The summed E-state index contributed by atoms with van der Waals surface area (Å²) in [5.74, 6) is 0.532. The summed E-state index contributed by atoms with van der Waals surface area (Å²) in [6.45, 7) is 0. The zero-order valence-corrected chi connectivity index (χ0v) is 12.8. The van der Waals surface area contributed by atoms with Crippen LogP contribution in [0.3, 0.4) is 0 Å². The molecule has 1 aliphatic rings. The second-order valence-corrected chi connectivity index (χ2v) is 6.24. The number of hydrogen-bond acceptors (Lipinski definition) is 1. The third-order valence-electron chi connectivity index (χ3n) is 4.06. The Hall–Kier alpha value is -1.17. The van der Waals surface area contributed by atoms with Crippen molar-refractivity contribution in [3.63, 3.8) is 0 Å². The van der Waals surface area contributed by atoms with Gasteiger partial charge in [0.25, 0.3) is 0 Å². The highest BCUT2D eigenvalue weighted by Gasteiger charge is 2.34. The Kier molecular flexibility index (Phi) is 3.82. The van der Waals surface area contributed by atoms with Crippen molar-refractivity contribution in [1.82, 2.24) is 0 Å². The lowest BCUT2D eigenvalue weighted by molar-refractivity contribution is 0.934. The molecule has 2 N–H and O–H groups in total. The molecular formula is C18H22NP. The van der Waals surface area contributed by atoms with Crippen molar-refractivity contribution in [2.45, 2.75) is 31.2 Å². The van der Waals surface area contributed by atoms with E-state index >= 15 is 0 Å². The molecule has 1 fully saturated rings. The highest BCUT2D eigenvalue weighted by molar-refractivity contribution is 7.16. The summed E-state index contributed by atoms with van der Waals surface area (Å²) in [6, 6.07) is 18.1. The van der Waals surface area contributed by atoms with Gasteiger partial charge in [0.2, 0.25) is 0 Å². The van der Waals surface area contributed by atoms with Crippen molar-refractivity contribution in [2.24, 2.45) is 5.73 Å². The Labute approximate surface area is 125 Å². The minimum absolute atomic E-state index is 0.353. The van der Waals surface area contributed by atoms with Crippen LogP contribution in [0.1, 0.15) is 29.9 Å². The monoisotopic (exact) mass is 284 g/mol. The quantitative estimate of drug-likeness (QED) is 0.798. The molecule has 20 heavy (non-hydrogen) atoms. The first-order chi connectivity index (χ1) is 10.3. The summed E-state index contributed by atoms with van der Waals surface area (Å²) in [4.78, 5) is 0. The van der Waals surface area contributed by atoms with Gasteiger partial charge in [-0.1, -0.05) is 48.5 Å². The van der Waals surface area contributed by atoms with Crippen LogP contribution in [0.2, 0.25) is 1.41 Å². The normalized spacial score (nSPS) is 21.6. The minimum atomic E-state index is 0.353. The highest BCUT2D eigenvalue weighted by atomic mass is 31.0. The zero-order chi connectivity index (χ0) is 14.7. The second-order valence-electron chi connectivity index (χ2n) is 5.66. The van der Waals surface area contributed by atoms with E-state index in [0.29, 0.717) is 12.0 Å². The largest absolute Gasteiger partial charge is 0.327 e. The third-order valence-corrected chi connectivity index (χ3v) is 4.47. The summed E-state index contributed by atoms with van der Waals surface area (Å²) < 4.78 is 7.20. The Morgan fingerprint density at radius 3 is 2.70 bits per heavy atom. The first-order valence-corrected chi connectivity index (χ1v) is 8.20. The number of nitrogens with two attached hydrogens (primary N) is 1. The average Bonchev–Trinajstić information content (AvgIpc) is 3.33. The van der Waals surface area contributed by atoms with Crippen LogP contribution in [0.25, 0.3) is 11.1 Å². The molecule has 0 heterocycles. The topological polar surface area (TPSA) is 26.0 Å². The van der Waals surface area contributed by atoms with Gasteiger partial charge in [-0.3, -0.25) is 0 Å². The van der Waals surface area contributed by atoms with Crippen LogP contribution >= 0.6 is 9.24 Å². The first kappa shape index (κ1) is 12.6. The van der Waals surface area contributed by atoms with Crippen molar-refractivity contribution in [3.8, 4) is 11.1 Å². The minimum Gasteiger partial charge on any atom is -0.327 e. The molecule has 0 saturated heterocycles. The molecule has 104 valence electrons. The molecule has 1 saturated carbocycles. The summed E-state index contributed by atoms with van der Waals surface area (Å²) in [5, 5.41) is 0. The van der Waals surface area contributed by atoms with E-state index in [2.05, 4.69) is 63.5 Å². The molecule has 3 rings (SSSR count). The fourth-order valence-electron chi connectivity index (χ4n) is 2.70. The predicted octanol–water partition coefficient (Wildman–Crippen LogP) is 3.98. The number of benzene rings is 2. The van der Waals surface area contributed by atoms with Gasteiger partial charge in [0.15, 0.2) is 0 Å². The Morgan fingerprint density at radius 1 is 1.15 bits per heavy atom. The van der Waals surface area contributed by atoms with E-state index in [0.717, 1.165) is 19.0 Å². The van der Waals surface area contributed by atoms with Gasteiger partial charge in [-0.05, 0) is 47.7 Å². The van der Waals surface area contributed by atoms with Gasteiger partial charge in [0.05, 0.1) is 0 Å². The van der Waals surface area contributed by atoms with E-state index in [1.165, 1.54) is 28.7 Å².